The molecule has 8 nitrogen and oxygen atoms in total. The molecule has 3 aromatic heterocycles. The third kappa shape index (κ3) is 3.08. The number of alkyl halides is 3. The fraction of sp³-hybridized carbons (Fsp3) is 0.125. The molecule has 0 atom stereocenters. The van der Waals surface area contributed by atoms with Crippen molar-refractivity contribution in [2.75, 3.05) is 11.5 Å². The molecule has 0 aliphatic rings. The number of rotatable bonds is 3. The zero-order valence-corrected chi connectivity index (χ0v) is 14.0. The van der Waals surface area contributed by atoms with Crippen molar-refractivity contribution in [2.45, 2.75) is 12.7 Å². The van der Waals surface area contributed by atoms with Gasteiger partial charge < -0.3 is 11.5 Å². The van der Waals surface area contributed by atoms with E-state index < -0.39 is 17.7 Å². The average Bonchev–Trinajstić information content (AvgIpc) is 3.24. The Hall–Kier alpha value is -3.70. The van der Waals surface area contributed by atoms with E-state index in [0.29, 0.717) is 10.9 Å². The summed E-state index contributed by atoms with van der Waals surface area (Å²) in [5.74, 6) is -0.680. The van der Waals surface area contributed by atoms with Crippen molar-refractivity contribution in [2.24, 2.45) is 0 Å². The van der Waals surface area contributed by atoms with Crippen molar-refractivity contribution < 1.29 is 17.6 Å². The largest absolute Gasteiger partial charge is 0.435 e. The number of fused-ring (bicyclic) bond motifs is 1. The van der Waals surface area contributed by atoms with Crippen LogP contribution in [0, 0.1) is 5.82 Å². The van der Waals surface area contributed by atoms with Gasteiger partial charge in [-0.15, -0.1) is 0 Å². The SMILES string of the molecule is Nc1ccc(Cn2ncc3c(-n4ccc(C(F)(F)F)n4)nc(N)nc32)c(F)c1. The molecule has 0 unspecified atom stereocenters. The summed E-state index contributed by atoms with van der Waals surface area (Å²) in [6.45, 7) is 0.0123. The Morgan fingerprint density at radius 1 is 1.07 bits per heavy atom. The van der Waals surface area contributed by atoms with Gasteiger partial charge in [0.25, 0.3) is 0 Å². The first-order valence-corrected chi connectivity index (χ1v) is 7.88. The molecule has 28 heavy (non-hydrogen) atoms. The third-order valence-corrected chi connectivity index (χ3v) is 3.99. The summed E-state index contributed by atoms with van der Waals surface area (Å²) in [7, 11) is 0. The fourth-order valence-electron chi connectivity index (χ4n) is 2.69. The third-order valence-electron chi connectivity index (χ3n) is 3.99. The molecular weight excluding hydrogens is 380 g/mol. The maximum Gasteiger partial charge on any atom is 0.435 e. The highest BCUT2D eigenvalue weighted by Gasteiger charge is 2.34. The van der Waals surface area contributed by atoms with Crippen LogP contribution in [0.15, 0.2) is 36.7 Å². The number of nitrogen functional groups attached to an aromatic ring is 2. The number of nitrogens with zero attached hydrogens (tertiary/aromatic N) is 6. The first-order valence-electron chi connectivity index (χ1n) is 7.88. The van der Waals surface area contributed by atoms with Crippen LogP contribution >= 0.6 is 0 Å². The van der Waals surface area contributed by atoms with Gasteiger partial charge in [-0.2, -0.15) is 33.3 Å². The molecule has 0 amide bonds. The molecular formula is C16H12F4N8. The smallest absolute Gasteiger partial charge is 0.399 e. The van der Waals surface area contributed by atoms with Gasteiger partial charge in [0.1, 0.15) is 5.82 Å². The number of anilines is 2. The minimum absolute atomic E-state index is 0.0123. The van der Waals surface area contributed by atoms with Gasteiger partial charge in [-0.1, -0.05) is 6.07 Å². The van der Waals surface area contributed by atoms with Gasteiger partial charge in [0, 0.05) is 17.4 Å². The maximum absolute atomic E-state index is 14.1. The van der Waals surface area contributed by atoms with E-state index in [1.807, 2.05) is 0 Å². The van der Waals surface area contributed by atoms with Crippen molar-refractivity contribution in [1.82, 2.24) is 29.5 Å². The summed E-state index contributed by atoms with van der Waals surface area (Å²) in [4.78, 5) is 8.05. The van der Waals surface area contributed by atoms with Crippen LogP contribution in [0.25, 0.3) is 16.9 Å². The minimum Gasteiger partial charge on any atom is -0.399 e. The monoisotopic (exact) mass is 392 g/mol. The summed E-state index contributed by atoms with van der Waals surface area (Å²) in [5, 5.41) is 7.94. The lowest BCUT2D eigenvalue weighted by Gasteiger charge is -2.07. The Balaban J connectivity index is 1.79. The first kappa shape index (κ1) is 17.7. The summed E-state index contributed by atoms with van der Waals surface area (Å²) >= 11 is 0. The Kier molecular flexibility index (Phi) is 3.91. The van der Waals surface area contributed by atoms with E-state index in [1.54, 1.807) is 6.07 Å². The van der Waals surface area contributed by atoms with Gasteiger partial charge in [-0.3, -0.25) is 0 Å². The summed E-state index contributed by atoms with van der Waals surface area (Å²) in [6.07, 6.45) is -2.13. The number of hydrogen-bond donors (Lipinski definition) is 2. The molecule has 12 heteroatoms. The van der Waals surface area contributed by atoms with Crippen LogP contribution < -0.4 is 11.5 Å². The van der Waals surface area contributed by atoms with E-state index in [2.05, 4.69) is 20.2 Å². The van der Waals surface area contributed by atoms with Crippen LogP contribution in [0.4, 0.5) is 29.2 Å². The Bertz CT molecular complexity index is 1180. The molecule has 0 bridgehead atoms. The Morgan fingerprint density at radius 2 is 1.86 bits per heavy atom. The quantitative estimate of drug-likeness (QED) is 0.409. The van der Waals surface area contributed by atoms with Crippen molar-refractivity contribution >= 4 is 22.7 Å². The van der Waals surface area contributed by atoms with Gasteiger partial charge in [-0.05, 0) is 18.2 Å². The molecule has 0 fully saturated rings. The summed E-state index contributed by atoms with van der Waals surface area (Å²) in [5.41, 5.74) is 11.0. The van der Waals surface area contributed by atoms with Crippen LogP contribution in [0.2, 0.25) is 0 Å². The predicted octanol–water partition coefficient (Wildman–Crippen LogP) is 2.38. The number of benzene rings is 1. The normalized spacial score (nSPS) is 12.0. The van der Waals surface area contributed by atoms with Crippen LogP contribution in [0.5, 0.6) is 0 Å². The van der Waals surface area contributed by atoms with Crippen molar-refractivity contribution in [3.63, 3.8) is 0 Å². The Labute approximate surface area is 154 Å². The molecule has 4 rings (SSSR count). The second-order valence-electron chi connectivity index (χ2n) is 5.94. The van der Waals surface area contributed by atoms with Crippen molar-refractivity contribution in [1.29, 1.82) is 0 Å². The molecule has 0 spiro atoms. The molecule has 0 saturated heterocycles. The first-order chi connectivity index (χ1) is 13.2. The summed E-state index contributed by atoms with van der Waals surface area (Å²) in [6, 6.07) is 5.05. The fourth-order valence-corrected chi connectivity index (χ4v) is 2.69. The molecule has 4 N–H and O–H groups in total. The van der Waals surface area contributed by atoms with E-state index in [0.717, 1.165) is 16.9 Å². The minimum atomic E-state index is -4.60. The van der Waals surface area contributed by atoms with Crippen molar-refractivity contribution in [3.8, 4) is 5.82 Å². The van der Waals surface area contributed by atoms with Gasteiger partial charge in [0.15, 0.2) is 17.2 Å². The molecule has 0 aliphatic carbocycles. The van der Waals surface area contributed by atoms with Crippen LogP contribution in [0.3, 0.4) is 0 Å². The molecule has 3 heterocycles. The highest BCUT2D eigenvalue weighted by Crippen LogP contribution is 2.29. The topological polar surface area (TPSA) is 113 Å². The standard InChI is InChI=1S/C16H12F4N8/c17-11-5-9(21)2-1-8(11)7-28-14-10(6-23-28)13(24-15(22)25-14)27-4-3-12(26-27)16(18,19)20/h1-6H,7,21H2,(H2,22,24,25). The van der Waals surface area contributed by atoms with Gasteiger partial charge >= 0.3 is 6.18 Å². The van der Waals surface area contributed by atoms with E-state index in [-0.39, 0.29) is 29.6 Å². The average molecular weight is 392 g/mol. The molecule has 144 valence electrons. The zero-order valence-electron chi connectivity index (χ0n) is 14.0. The van der Waals surface area contributed by atoms with Crippen LogP contribution in [0.1, 0.15) is 11.3 Å². The highest BCUT2D eigenvalue weighted by atomic mass is 19.4. The molecule has 4 aromatic rings. The zero-order chi connectivity index (χ0) is 20.1. The number of hydrogen-bond acceptors (Lipinski definition) is 6. The lowest BCUT2D eigenvalue weighted by Crippen LogP contribution is -2.10. The molecule has 0 aliphatic heterocycles. The number of halogens is 4. The van der Waals surface area contributed by atoms with Gasteiger partial charge in [-0.25, -0.2) is 13.8 Å². The lowest BCUT2D eigenvalue weighted by molar-refractivity contribution is -0.141. The molecule has 0 radical (unpaired) electrons. The van der Waals surface area contributed by atoms with E-state index in [4.69, 9.17) is 11.5 Å². The van der Waals surface area contributed by atoms with Gasteiger partial charge in [0.05, 0.1) is 18.1 Å². The Morgan fingerprint density at radius 3 is 2.54 bits per heavy atom. The summed E-state index contributed by atoms with van der Waals surface area (Å²) < 4.78 is 54.9. The van der Waals surface area contributed by atoms with Crippen molar-refractivity contribution in [3.05, 3.63) is 53.7 Å². The second kappa shape index (κ2) is 6.18. The highest BCUT2D eigenvalue weighted by molar-refractivity contribution is 5.83. The number of aromatic nitrogens is 6. The second-order valence-corrected chi connectivity index (χ2v) is 5.94. The van der Waals surface area contributed by atoms with E-state index in [1.165, 1.54) is 23.0 Å². The van der Waals surface area contributed by atoms with E-state index in [9.17, 15) is 17.6 Å². The maximum atomic E-state index is 14.1. The predicted molar refractivity (Wildman–Crippen MR) is 91.8 cm³/mol. The van der Waals surface area contributed by atoms with E-state index >= 15 is 0 Å². The lowest BCUT2D eigenvalue weighted by atomic mass is 10.2. The van der Waals surface area contributed by atoms with Gasteiger partial charge in [0.2, 0.25) is 5.95 Å². The van der Waals surface area contributed by atoms with Crippen LogP contribution in [-0.4, -0.2) is 29.5 Å². The molecule has 1 aromatic carbocycles. The number of nitrogens with two attached hydrogens (primary N) is 2. The molecule has 0 saturated carbocycles. The van der Waals surface area contributed by atoms with Crippen LogP contribution in [-0.2, 0) is 12.7 Å².